The Labute approximate surface area is 71.8 Å². The van der Waals surface area contributed by atoms with E-state index in [1.165, 1.54) is 0 Å². The summed E-state index contributed by atoms with van der Waals surface area (Å²) < 4.78 is 5.27. The van der Waals surface area contributed by atoms with Crippen molar-refractivity contribution in [3.63, 3.8) is 0 Å². The van der Waals surface area contributed by atoms with Gasteiger partial charge < -0.3 is 10.5 Å². The van der Waals surface area contributed by atoms with Gasteiger partial charge in [0.2, 0.25) is 5.88 Å². The number of aromatic nitrogens is 2. The van der Waals surface area contributed by atoms with Crippen molar-refractivity contribution in [3.8, 4) is 5.88 Å². The van der Waals surface area contributed by atoms with Crippen LogP contribution in [-0.2, 0) is 0 Å². The molecule has 0 bridgehead atoms. The van der Waals surface area contributed by atoms with Crippen LogP contribution in [0.5, 0.6) is 5.88 Å². The minimum Gasteiger partial charge on any atom is -0.475 e. The largest absolute Gasteiger partial charge is 0.475 e. The molecule has 66 valence electrons. The first kappa shape index (κ1) is 8.93. The lowest BCUT2D eigenvalue weighted by Gasteiger charge is -2.17. The monoisotopic (exact) mass is 167 g/mol. The predicted molar refractivity (Wildman–Crippen MR) is 45.8 cm³/mol. The van der Waals surface area contributed by atoms with Gasteiger partial charge in [-0.25, -0.2) is 4.98 Å². The molecule has 12 heavy (non-hydrogen) atoms. The molecule has 4 heteroatoms. The Kier molecular flexibility index (Phi) is 2.60. The van der Waals surface area contributed by atoms with Gasteiger partial charge in [0.25, 0.3) is 0 Å². The van der Waals surface area contributed by atoms with E-state index in [-0.39, 0.29) is 5.54 Å². The van der Waals surface area contributed by atoms with Crippen LogP contribution in [0, 0.1) is 0 Å². The van der Waals surface area contributed by atoms with Crippen LogP contribution >= 0.6 is 0 Å². The van der Waals surface area contributed by atoms with Crippen molar-refractivity contribution in [1.82, 2.24) is 9.97 Å². The van der Waals surface area contributed by atoms with Crippen LogP contribution in [0.15, 0.2) is 18.6 Å². The Morgan fingerprint density at radius 2 is 2.25 bits per heavy atom. The summed E-state index contributed by atoms with van der Waals surface area (Å²) in [5.41, 5.74) is 5.37. The van der Waals surface area contributed by atoms with E-state index in [0.717, 1.165) is 0 Å². The highest BCUT2D eigenvalue weighted by molar-refractivity contribution is 5.01. The highest BCUT2D eigenvalue weighted by Gasteiger charge is 2.11. The van der Waals surface area contributed by atoms with E-state index in [0.29, 0.717) is 12.5 Å². The van der Waals surface area contributed by atoms with Crippen molar-refractivity contribution >= 4 is 0 Å². The zero-order valence-electron chi connectivity index (χ0n) is 7.32. The van der Waals surface area contributed by atoms with Gasteiger partial charge in [-0.3, -0.25) is 4.98 Å². The summed E-state index contributed by atoms with van der Waals surface area (Å²) in [6, 6.07) is 0. The maximum atomic E-state index is 5.71. The lowest BCUT2D eigenvalue weighted by molar-refractivity contribution is 0.234. The average Bonchev–Trinajstić information content (AvgIpc) is 2.02. The van der Waals surface area contributed by atoms with Gasteiger partial charge in [0, 0.05) is 17.9 Å². The van der Waals surface area contributed by atoms with E-state index < -0.39 is 0 Å². The molecule has 0 aliphatic heterocycles. The molecule has 1 aromatic heterocycles. The maximum absolute atomic E-state index is 5.71. The first-order valence-corrected chi connectivity index (χ1v) is 3.76. The molecule has 0 aliphatic carbocycles. The van der Waals surface area contributed by atoms with Gasteiger partial charge in [-0.2, -0.15) is 0 Å². The van der Waals surface area contributed by atoms with E-state index in [4.69, 9.17) is 10.5 Å². The van der Waals surface area contributed by atoms with Crippen LogP contribution in [-0.4, -0.2) is 22.1 Å². The Morgan fingerprint density at radius 3 is 2.75 bits per heavy atom. The van der Waals surface area contributed by atoms with E-state index in [1.54, 1.807) is 18.6 Å². The highest BCUT2D eigenvalue weighted by Crippen LogP contribution is 2.04. The molecule has 0 atom stereocenters. The van der Waals surface area contributed by atoms with Gasteiger partial charge in [-0.15, -0.1) is 0 Å². The molecule has 1 aromatic rings. The smallest absolute Gasteiger partial charge is 0.232 e. The predicted octanol–water partition coefficient (Wildman–Crippen LogP) is 0.593. The van der Waals surface area contributed by atoms with Crippen molar-refractivity contribution in [1.29, 1.82) is 0 Å². The van der Waals surface area contributed by atoms with Crippen molar-refractivity contribution in [2.45, 2.75) is 19.4 Å². The van der Waals surface area contributed by atoms with Crippen LogP contribution in [0.1, 0.15) is 13.8 Å². The number of hydrogen-bond donors (Lipinski definition) is 1. The number of ether oxygens (including phenoxy) is 1. The topological polar surface area (TPSA) is 61.0 Å². The van der Waals surface area contributed by atoms with Crippen LogP contribution in [0.2, 0.25) is 0 Å². The van der Waals surface area contributed by atoms with Gasteiger partial charge in [0.1, 0.15) is 6.61 Å². The third-order valence-corrected chi connectivity index (χ3v) is 1.13. The fourth-order valence-corrected chi connectivity index (χ4v) is 0.620. The van der Waals surface area contributed by atoms with E-state index >= 15 is 0 Å². The Hall–Kier alpha value is -1.16. The zero-order chi connectivity index (χ0) is 9.03. The fraction of sp³-hybridized carbons (Fsp3) is 0.500. The minimum atomic E-state index is -0.336. The molecule has 0 amide bonds. The second-order valence-corrected chi connectivity index (χ2v) is 3.32. The molecular weight excluding hydrogens is 154 g/mol. The Balaban J connectivity index is 2.44. The molecule has 0 saturated carbocycles. The standard InChI is InChI=1S/C8H13N3O/c1-8(2,9)6-12-7-5-10-3-4-11-7/h3-5H,6,9H2,1-2H3. The third kappa shape index (κ3) is 3.30. The van der Waals surface area contributed by atoms with Gasteiger partial charge in [-0.05, 0) is 13.8 Å². The summed E-state index contributed by atoms with van der Waals surface area (Å²) >= 11 is 0. The number of hydrogen-bond acceptors (Lipinski definition) is 4. The zero-order valence-corrected chi connectivity index (χ0v) is 7.32. The van der Waals surface area contributed by atoms with Crippen molar-refractivity contribution in [2.24, 2.45) is 5.73 Å². The first-order chi connectivity index (χ1) is 5.58. The molecule has 0 fully saturated rings. The molecule has 1 rings (SSSR count). The summed E-state index contributed by atoms with van der Waals surface area (Å²) in [4.78, 5) is 7.80. The molecule has 4 nitrogen and oxygen atoms in total. The molecule has 0 spiro atoms. The summed E-state index contributed by atoms with van der Waals surface area (Å²) in [5, 5.41) is 0. The summed E-state index contributed by atoms with van der Waals surface area (Å²) in [7, 11) is 0. The van der Waals surface area contributed by atoms with E-state index in [1.807, 2.05) is 13.8 Å². The van der Waals surface area contributed by atoms with Gasteiger partial charge in [0.05, 0.1) is 6.20 Å². The Bertz CT molecular complexity index is 230. The van der Waals surface area contributed by atoms with Crippen molar-refractivity contribution < 1.29 is 4.74 Å². The highest BCUT2D eigenvalue weighted by atomic mass is 16.5. The summed E-state index contributed by atoms with van der Waals surface area (Å²) in [6.07, 6.45) is 4.74. The fourth-order valence-electron chi connectivity index (χ4n) is 0.620. The number of rotatable bonds is 3. The van der Waals surface area contributed by atoms with Crippen LogP contribution in [0.3, 0.4) is 0 Å². The van der Waals surface area contributed by atoms with Crippen molar-refractivity contribution in [3.05, 3.63) is 18.6 Å². The van der Waals surface area contributed by atoms with E-state index in [9.17, 15) is 0 Å². The quantitative estimate of drug-likeness (QED) is 0.715. The first-order valence-electron chi connectivity index (χ1n) is 3.76. The minimum absolute atomic E-state index is 0.336. The van der Waals surface area contributed by atoms with Gasteiger partial charge >= 0.3 is 0 Å². The van der Waals surface area contributed by atoms with Crippen molar-refractivity contribution in [2.75, 3.05) is 6.61 Å². The number of nitrogens with zero attached hydrogens (tertiary/aromatic N) is 2. The maximum Gasteiger partial charge on any atom is 0.232 e. The Morgan fingerprint density at radius 1 is 1.50 bits per heavy atom. The second kappa shape index (κ2) is 3.49. The number of nitrogens with two attached hydrogens (primary N) is 1. The molecule has 2 N–H and O–H groups in total. The van der Waals surface area contributed by atoms with Crippen LogP contribution in [0.4, 0.5) is 0 Å². The molecule has 0 aliphatic rings. The molecule has 0 saturated heterocycles. The van der Waals surface area contributed by atoms with Gasteiger partial charge in [-0.1, -0.05) is 0 Å². The normalized spacial score (nSPS) is 11.2. The summed E-state index contributed by atoms with van der Waals surface area (Å²) in [5.74, 6) is 0.510. The average molecular weight is 167 g/mol. The third-order valence-electron chi connectivity index (χ3n) is 1.13. The van der Waals surface area contributed by atoms with Gasteiger partial charge in [0.15, 0.2) is 0 Å². The summed E-state index contributed by atoms with van der Waals surface area (Å²) in [6.45, 7) is 4.22. The molecular formula is C8H13N3O. The lowest BCUT2D eigenvalue weighted by atomic mass is 10.1. The molecule has 1 heterocycles. The lowest BCUT2D eigenvalue weighted by Crippen LogP contribution is -2.38. The molecule has 0 unspecified atom stereocenters. The SMILES string of the molecule is CC(C)(N)COc1cnccn1. The van der Waals surface area contributed by atoms with Crippen LogP contribution < -0.4 is 10.5 Å². The van der Waals surface area contributed by atoms with Crippen LogP contribution in [0.25, 0.3) is 0 Å². The molecule has 0 aromatic carbocycles. The molecule has 0 radical (unpaired) electrons. The second-order valence-electron chi connectivity index (χ2n) is 3.32. The van der Waals surface area contributed by atoms with E-state index in [2.05, 4.69) is 9.97 Å².